The maximum atomic E-state index is 11.8. The van der Waals surface area contributed by atoms with Crippen LogP contribution in [0.5, 0.6) is 0 Å². The number of nitrogens with zero attached hydrogens (tertiary/aromatic N) is 3. The van der Waals surface area contributed by atoms with E-state index in [0.29, 0.717) is 17.0 Å². The lowest BCUT2D eigenvalue weighted by Gasteiger charge is -2.06. The highest BCUT2D eigenvalue weighted by atomic mass is 79.9. The number of sulfonamides is 1. The van der Waals surface area contributed by atoms with E-state index in [2.05, 4.69) is 30.7 Å². The summed E-state index contributed by atoms with van der Waals surface area (Å²) in [7, 11) is -3.45. The van der Waals surface area contributed by atoms with Crippen LogP contribution in [0.3, 0.4) is 0 Å². The molecule has 0 saturated carbocycles. The van der Waals surface area contributed by atoms with Gasteiger partial charge in [-0.2, -0.15) is 4.98 Å². The Morgan fingerprint density at radius 1 is 1.37 bits per heavy atom. The van der Waals surface area contributed by atoms with Gasteiger partial charge in [-0.15, -0.1) is 5.10 Å². The lowest BCUT2D eigenvalue weighted by atomic mass is 10.3. The summed E-state index contributed by atoms with van der Waals surface area (Å²) in [5.74, 6) is 0.135. The number of hydrogen-bond acceptors (Lipinski definition) is 5. The standard InChI is InChI=1S/C10H12BrN5O2S/c1-2-13-19(17,18)8-5-3-7(4-6-8)16-9(11)14-10(12)15-16/h3-6,13H,2H2,1H3,(H2,12,15). The second kappa shape index (κ2) is 5.27. The molecule has 0 radical (unpaired) electrons. The molecule has 0 saturated heterocycles. The van der Waals surface area contributed by atoms with Crippen LogP contribution in [0.25, 0.3) is 5.69 Å². The third kappa shape index (κ3) is 2.94. The van der Waals surface area contributed by atoms with E-state index in [4.69, 9.17) is 5.73 Å². The van der Waals surface area contributed by atoms with Crippen molar-refractivity contribution in [3.63, 3.8) is 0 Å². The van der Waals surface area contributed by atoms with Crippen LogP contribution in [0.2, 0.25) is 0 Å². The molecule has 1 aromatic heterocycles. The highest BCUT2D eigenvalue weighted by Crippen LogP contribution is 2.17. The van der Waals surface area contributed by atoms with Crippen molar-refractivity contribution in [2.75, 3.05) is 12.3 Å². The SMILES string of the molecule is CCNS(=O)(=O)c1ccc(-n2nc(N)nc2Br)cc1. The first kappa shape index (κ1) is 14.0. The van der Waals surface area contributed by atoms with Crippen LogP contribution in [-0.2, 0) is 10.0 Å². The molecule has 0 atom stereocenters. The Morgan fingerprint density at radius 2 is 2.00 bits per heavy atom. The number of aromatic nitrogens is 3. The van der Waals surface area contributed by atoms with E-state index in [1.54, 1.807) is 19.1 Å². The summed E-state index contributed by atoms with van der Waals surface area (Å²) in [5.41, 5.74) is 6.14. The minimum absolute atomic E-state index is 0.135. The van der Waals surface area contributed by atoms with Gasteiger partial charge in [0.15, 0.2) is 0 Å². The van der Waals surface area contributed by atoms with Crippen molar-refractivity contribution >= 4 is 31.9 Å². The van der Waals surface area contributed by atoms with Gasteiger partial charge in [-0.05, 0) is 40.2 Å². The summed E-state index contributed by atoms with van der Waals surface area (Å²) in [4.78, 5) is 4.10. The minimum atomic E-state index is -3.45. The number of anilines is 1. The number of hydrogen-bond donors (Lipinski definition) is 2. The molecule has 3 N–H and O–H groups in total. The molecular formula is C10H12BrN5O2S. The second-order valence-corrected chi connectivity index (χ2v) is 6.12. The van der Waals surface area contributed by atoms with Crippen LogP contribution in [0, 0.1) is 0 Å². The minimum Gasteiger partial charge on any atom is -0.366 e. The quantitative estimate of drug-likeness (QED) is 0.857. The Morgan fingerprint density at radius 3 is 2.47 bits per heavy atom. The molecule has 0 amide bonds. The van der Waals surface area contributed by atoms with E-state index in [-0.39, 0.29) is 10.8 Å². The molecule has 1 heterocycles. The Kier molecular flexibility index (Phi) is 3.88. The summed E-state index contributed by atoms with van der Waals surface area (Å²) in [6.45, 7) is 2.07. The first-order valence-corrected chi connectivity index (χ1v) is 7.70. The monoisotopic (exact) mass is 345 g/mol. The zero-order valence-electron chi connectivity index (χ0n) is 10.0. The summed E-state index contributed by atoms with van der Waals surface area (Å²) in [6.07, 6.45) is 0. The van der Waals surface area contributed by atoms with Gasteiger partial charge in [0.05, 0.1) is 10.6 Å². The predicted molar refractivity (Wildman–Crippen MR) is 74.3 cm³/mol. The molecule has 0 aliphatic carbocycles. The molecule has 1 aromatic carbocycles. The Hall–Kier alpha value is -1.45. The Labute approximate surface area is 119 Å². The molecule has 19 heavy (non-hydrogen) atoms. The first-order chi connectivity index (χ1) is 8.94. The number of nitrogen functional groups attached to an aromatic ring is 1. The number of rotatable bonds is 4. The summed E-state index contributed by atoms with van der Waals surface area (Å²) >= 11 is 3.22. The Balaban J connectivity index is 2.36. The molecule has 0 aliphatic heterocycles. The van der Waals surface area contributed by atoms with Gasteiger partial charge >= 0.3 is 0 Å². The van der Waals surface area contributed by atoms with Gasteiger partial charge in [0.25, 0.3) is 0 Å². The number of nitrogens with one attached hydrogen (secondary N) is 1. The fourth-order valence-corrected chi connectivity index (χ4v) is 3.02. The van der Waals surface area contributed by atoms with Gasteiger partial charge in [0, 0.05) is 6.54 Å². The van der Waals surface area contributed by atoms with E-state index in [0.717, 1.165) is 0 Å². The molecule has 9 heteroatoms. The number of halogens is 1. The topological polar surface area (TPSA) is 103 Å². The Bertz CT molecular complexity index is 680. The van der Waals surface area contributed by atoms with Crippen molar-refractivity contribution < 1.29 is 8.42 Å². The molecule has 0 spiro atoms. The molecule has 0 bridgehead atoms. The second-order valence-electron chi connectivity index (χ2n) is 3.65. The van der Waals surface area contributed by atoms with Crippen molar-refractivity contribution in [2.45, 2.75) is 11.8 Å². The van der Waals surface area contributed by atoms with Crippen LogP contribution >= 0.6 is 15.9 Å². The largest absolute Gasteiger partial charge is 0.366 e. The maximum Gasteiger partial charge on any atom is 0.240 e. The fourth-order valence-electron chi connectivity index (χ4n) is 1.51. The molecule has 7 nitrogen and oxygen atoms in total. The van der Waals surface area contributed by atoms with Crippen molar-refractivity contribution in [1.82, 2.24) is 19.5 Å². The third-order valence-electron chi connectivity index (χ3n) is 2.31. The van der Waals surface area contributed by atoms with Crippen molar-refractivity contribution in [3.05, 3.63) is 29.0 Å². The third-order valence-corrected chi connectivity index (χ3v) is 4.38. The van der Waals surface area contributed by atoms with Crippen molar-refractivity contribution in [2.24, 2.45) is 0 Å². The van der Waals surface area contributed by atoms with Crippen molar-refractivity contribution in [3.8, 4) is 5.69 Å². The number of benzene rings is 1. The molecule has 0 unspecified atom stereocenters. The van der Waals surface area contributed by atoms with E-state index in [1.807, 2.05) is 0 Å². The predicted octanol–water partition coefficient (Wildman–Crippen LogP) is 0.910. The zero-order valence-corrected chi connectivity index (χ0v) is 12.4. The summed E-state index contributed by atoms with van der Waals surface area (Å²) < 4.78 is 27.9. The normalized spacial score (nSPS) is 11.7. The van der Waals surface area contributed by atoms with Crippen molar-refractivity contribution in [1.29, 1.82) is 0 Å². The van der Waals surface area contributed by atoms with Crippen LogP contribution in [0.1, 0.15) is 6.92 Å². The van der Waals surface area contributed by atoms with Crippen LogP contribution in [0.4, 0.5) is 5.95 Å². The lowest BCUT2D eigenvalue weighted by molar-refractivity contribution is 0.584. The first-order valence-electron chi connectivity index (χ1n) is 5.42. The van der Waals surface area contributed by atoms with Gasteiger partial charge in [0.1, 0.15) is 0 Å². The lowest BCUT2D eigenvalue weighted by Crippen LogP contribution is -2.23. The maximum absolute atomic E-state index is 11.8. The fraction of sp³-hybridized carbons (Fsp3) is 0.200. The summed E-state index contributed by atoms with van der Waals surface area (Å²) in [6, 6.07) is 6.25. The van der Waals surface area contributed by atoms with E-state index in [9.17, 15) is 8.42 Å². The average Bonchev–Trinajstić information content (AvgIpc) is 2.68. The van der Waals surface area contributed by atoms with Gasteiger partial charge in [-0.1, -0.05) is 6.92 Å². The molecule has 0 fully saturated rings. The molecule has 102 valence electrons. The van der Waals surface area contributed by atoms with Crippen LogP contribution < -0.4 is 10.5 Å². The van der Waals surface area contributed by atoms with E-state index < -0.39 is 10.0 Å². The van der Waals surface area contributed by atoms with E-state index in [1.165, 1.54) is 16.8 Å². The van der Waals surface area contributed by atoms with Gasteiger partial charge in [0.2, 0.25) is 20.7 Å². The van der Waals surface area contributed by atoms with Gasteiger partial charge < -0.3 is 5.73 Å². The molecule has 2 rings (SSSR count). The zero-order chi connectivity index (χ0) is 14.0. The highest BCUT2D eigenvalue weighted by molar-refractivity contribution is 9.10. The van der Waals surface area contributed by atoms with Gasteiger partial charge in [-0.25, -0.2) is 17.8 Å². The molecule has 0 aliphatic rings. The molecule has 2 aromatic rings. The number of nitrogens with two attached hydrogens (primary N) is 1. The molecular weight excluding hydrogens is 334 g/mol. The highest BCUT2D eigenvalue weighted by Gasteiger charge is 2.13. The van der Waals surface area contributed by atoms with Gasteiger partial charge in [-0.3, -0.25) is 0 Å². The average molecular weight is 346 g/mol. The van der Waals surface area contributed by atoms with Crippen LogP contribution in [-0.4, -0.2) is 29.7 Å². The van der Waals surface area contributed by atoms with Crippen LogP contribution in [0.15, 0.2) is 33.9 Å². The van der Waals surface area contributed by atoms with E-state index >= 15 is 0 Å². The smallest absolute Gasteiger partial charge is 0.240 e. The summed E-state index contributed by atoms with van der Waals surface area (Å²) in [5, 5.41) is 3.98.